The van der Waals surface area contributed by atoms with E-state index >= 15 is 8.78 Å². The second kappa shape index (κ2) is 10.2. The SMILES string of the molecule is CCOC(=O)C1=C(CN2CC(F)(F)[C@@H]3C(=O)N(C4(C(=O)O)CC4)C[C@@H]32)NC(c2nccs2)=N[C@H]1c1cccc(F)c1C. The number of nitrogens with one attached hydrogen (secondary N) is 1. The predicted molar refractivity (Wildman–Crippen MR) is 144 cm³/mol. The number of aliphatic carboxylic acids is 1. The standard InChI is InChI=1S/C28H28F3N5O5S/c1-3-41-25(38)19-17(33-22(23-32-9-10-42-23)34-21(19)15-5-4-6-16(29)14(15)2)11-35-13-28(30,31)20-18(35)12-36(24(20)37)27(7-8-27)26(39)40/h4-6,9-10,18,20-21H,3,7-8,11-13H2,1-2H3,(H,33,34)(H,39,40)/t18-,20-,21-/m0/s1. The maximum Gasteiger partial charge on any atom is 0.338 e. The number of benzene rings is 1. The number of aliphatic imine (C=N–C) groups is 1. The number of amides is 1. The number of likely N-dealkylation sites (tertiary alicyclic amines) is 2. The molecule has 0 spiro atoms. The van der Waals surface area contributed by atoms with E-state index in [0.717, 1.165) is 4.90 Å². The van der Waals surface area contributed by atoms with Crippen LogP contribution >= 0.6 is 11.3 Å². The average molecular weight is 604 g/mol. The predicted octanol–water partition coefficient (Wildman–Crippen LogP) is 2.89. The van der Waals surface area contributed by atoms with Crippen molar-refractivity contribution >= 4 is 35.0 Å². The Bertz CT molecular complexity index is 1520. The molecule has 3 fully saturated rings. The molecule has 1 aromatic heterocycles. The zero-order chi connectivity index (χ0) is 30.0. The number of carbonyl (C=O) groups is 3. The number of nitrogens with zero attached hydrogens (tertiary/aromatic N) is 4. The summed E-state index contributed by atoms with van der Waals surface area (Å²) in [4.78, 5) is 50.1. The number of fused-ring (bicyclic) bond motifs is 1. The molecule has 3 aliphatic heterocycles. The normalized spacial score (nSPS) is 26.1. The van der Waals surface area contributed by atoms with Crippen molar-refractivity contribution < 1.29 is 37.4 Å². The third kappa shape index (κ3) is 4.47. The number of halogens is 3. The molecule has 0 unspecified atom stereocenters. The van der Waals surface area contributed by atoms with Gasteiger partial charge in [0.2, 0.25) is 5.91 Å². The number of ether oxygens (including phenoxy) is 1. The summed E-state index contributed by atoms with van der Waals surface area (Å²) in [5.74, 6) is -8.18. The molecule has 1 saturated carbocycles. The Morgan fingerprint density at radius 3 is 2.69 bits per heavy atom. The van der Waals surface area contributed by atoms with Gasteiger partial charge in [-0.05, 0) is 43.9 Å². The smallest absolute Gasteiger partial charge is 0.338 e. The molecule has 1 aliphatic carbocycles. The van der Waals surface area contributed by atoms with Crippen molar-refractivity contribution in [3.05, 3.63) is 63.0 Å². The number of amidine groups is 1. The topological polar surface area (TPSA) is 124 Å². The van der Waals surface area contributed by atoms with Gasteiger partial charge in [-0.25, -0.2) is 27.7 Å². The number of carboxylic acids is 1. The first kappa shape index (κ1) is 28.3. The molecule has 0 radical (unpaired) electrons. The van der Waals surface area contributed by atoms with Crippen LogP contribution in [0, 0.1) is 18.7 Å². The molecule has 10 nitrogen and oxygen atoms in total. The average Bonchev–Trinajstić information content (AvgIpc) is 3.28. The second-order valence-corrected chi connectivity index (χ2v) is 11.8. The molecule has 2 saturated heterocycles. The number of rotatable bonds is 8. The summed E-state index contributed by atoms with van der Waals surface area (Å²) in [6, 6.07) is 2.42. The maximum absolute atomic E-state index is 15.4. The van der Waals surface area contributed by atoms with Crippen molar-refractivity contribution in [1.29, 1.82) is 0 Å². The minimum absolute atomic E-state index is 0.0285. The Hall–Kier alpha value is -3.78. The molecule has 0 bridgehead atoms. The zero-order valence-electron chi connectivity index (χ0n) is 22.8. The largest absolute Gasteiger partial charge is 0.479 e. The lowest BCUT2D eigenvalue weighted by Gasteiger charge is -2.32. The summed E-state index contributed by atoms with van der Waals surface area (Å²) in [5.41, 5.74) is -0.546. The molecule has 1 aromatic carbocycles. The summed E-state index contributed by atoms with van der Waals surface area (Å²) in [6.45, 7) is 2.06. The third-order valence-electron chi connectivity index (χ3n) is 8.48. The number of aromatic nitrogens is 1. The quantitative estimate of drug-likeness (QED) is 0.442. The number of hydrogen-bond acceptors (Lipinski definition) is 9. The first-order chi connectivity index (χ1) is 20.0. The maximum atomic E-state index is 15.4. The summed E-state index contributed by atoms with van der Waals surface area (Å²) in [6.07, 6.45) is 1.99. The van der Waals surface area contributed by atoms with Crippen molar-refractivity contribution in [3.63, 3.8) is 0 Å². The van der Waals surface area contributed by atoms with E-state index in [1.807, 2.05) is 0 Å². The van der Waals surface area contributed by atoms with Gasteiger partial charge in [-0.3, -0.25) is 14.7 Å². The minimum atomic E-state index is -3.42. The molecule has 222 valence electrons. The van der Waals surface area contributed by atoms with E-state index in [2.05, 4.69) is 10.3 Å². The molecule has 42 heavy (non-hydrogen) atoms. The Kier molecular flexibility index (Phi) is 6.88. The Morgan fingerprint density at radius 2 is 2.05 bits per heavy atom. The van der Waals surface area contributed by atoms with Crippen molar-refractivity contribution in [2.45, 2.75) is 50.2 Å². The van der Waals surface area contributed by atoms with Crippen LogP contribution in [0.5, 0.6) is 0 Å². The van der Waals surface area contributed by atoms with Gasteiger partial charge in [0.05, 0.1) is 18.7 Å². The lowest BCUT2D eigenvalue weighted by molar-refractivity contribution is -0.154. The van der Waals surface area contributed by atoms with Crippen molar-refractivity contribution in [1.82, 2.24) is 20.1 Å². The zero-order valence-corrected chi connectivity index (χ0v) is 23.6. The van der Waals surface area contributed by atoms with Gasteiger partial charge in [0, 0.05) is 36.4 Å². The van der Waals surface area contributed by atoms with Crippen LogP contribution in [-0.4, -0.2) is 87.3 Å². The number of thiazole rings is 1. The van der Waals surface area contributed by atoms with Gasteiger partial charge >= 0.3 is 11.9 Å². The van der Waals surface area contributed by atoms with Gasteiger partial charge in [-0.1, -0.05) is 12.1 Å². The van der Waals surface area contributed by atoms with E-state index in [9.17, 15) is 23.9 Å². The molecule has 1 amide bonds. The first-order valence-corrected chi connectivity index (χ1v) is 14.4. The van der Waals surface area contributed by atoms with E-state index in [4.69, 9.17) is 9.73 Å². The summed E-state index contributed by atoms with van der Waals surface area (Å²) in [7, 11) is 0. The number of hydrogen-bond donors (Lipinski definition) is 2. The minimum Gasteiger partial charge on any atom is -0.479 e. The molecule has 2 aromatic rings. The van der Waals surface area contributed by atoms with Gasteiger partial charge in [0.1, 0.15) is 23.3 Å². The second-order valence-electron chi connectivity index (χ2n) is 10.9. The molecule has 4 heterocycles. The summed E-state index contributed by atoms with van der Waals surface area (Å²) in [5, 5.41) is 15.0. The monoisotopic (exact) mass is 603 g/mol. The van der Waals surface area contributed by atoms with E-state index in [1.165, 1.54) is 28.4 Å². The fraction of sp³-hybridized carbons (Fsp3) is 0.464. The van der Waals surface area contributed by atoms with E-state index in [0.29, 0.717) is 10.6 Å². The number of carbonyl (C=O) groups excluding carboxylic acids is 2. The Balaban J connectivity index is 1.42. The van der Waals surface area contributed by atoms with Gasteiger partial charge in [-0.2, -0.15) is 0 Å². The summed E-state index contributed by atoms with van der Waals surface area (Å²) < 4.78 is 50.9. The van der Waals surface area contributed by atoms with Crippen LogP contribution in [0.1, 0.15) is 41.9 Å². The van der Waals surface area contributed by atoms with Gasteiger partial charge in [0.15, 0.2) is 10.8 Å². The molecule has 2 N–H and O–H groups in total. The fourth-order valence-electron chi connectivity index (χ4n) is 6.23. The van der Waals surface area contributed by atoms with Gasteiger partial charge < -0.3 is 20.1 Å². The molecule has 3 atom stereocenters. The van der Waals surface area contributed by atoms with Crippen LogP contribution in [0.15, 0.2) is 46.0 Å². The molecular formula is C28H28F3N5O5S. The van der Waals surface area contributed by atoms with Crippen molar-refractivity contribution in [3.8, 4) is 0 Å². The van der Waals surface area contributed by atoms with Crippen molar-refractivity contribution in [2.24, 2.45) is 10.9 Å². The van der Waals surface area contributed by atoms with E-state index in [1.54, 1.807) is 31.5 Å². The molecule has 6 rings (SSSR count). The lowest BCUT2D eigenvalue weighted by Crippen LogP contribution is -2.49. The highest BCUT2D eigenvalue weighted by molar-refractivity contribution is 7.11. The molecular weight excluding hydrogens is 575 g/mol. The van der Waals surface area contributed by atoms with Crippen LogP contribution < -0.4 is 5.32 Å². The van der Waals surface area contributed by atoms with Crippen molar-refractivity contribution in [2.75, 3.05) is 26.2 Å². The van der Waals surface area contributed by atoms with Crippen LogP contribution in [0.3, 0.4) is 0 Å². The highest BCUT2D eigenvalue weighted by Crippen LogP contribution is 2.51. The Morgan fingerprint density at radius 1 is 1.29 bits per heavy atom. The van der Waals surface area contributed by atoms with Gasteiger partial charge in [-0.15, -0.1) is 11.3 Å². The molecule has 4 aliphatic rings. The van der Waals surface area contributed by atoms with Crippen LogP contribution in [0.4, 0.5) is 13.2 Å². The Labute approximate surface area is 242 Å². The van der Waals surface area contributed by atoms with Crippen LogP contribution in [-0.2, 0) is 19.1 Å². The molecule has 14 heteroatoms. The highest BCUT2D eigenvalue weighted by Gasteiger charge is 2.69. The van der Waals surface area contributed by atoms with E-state index in [-0.39, 0.29) is 55.2 Å². The highest BCUT2D eigenvalue weighted by atomic mass is 32.1. The number of carboxylic acid groups (broad SMARTS) is 1. The third-order valence-corrected chi connectivity index (χ3v) is 9.26. The number of esters is 1. The van der Waals surface area contributed by atoms with Crippen LogP contribution in [0.2, 0.25) is 0 Å². The van der Waals surface area contributed by atoms with Gasteiger partial charge in [0.25, 0.3) is 5.92 Å². The number of alkyl halides is 2. The fourth-order valence-corrected chi connectivity index (χ4v) is 6.82. The summed E-state index contributed by atoms with van der Waals surface area (Å²) >= 11 is 1.27. The van der Waals surface area contributed by atoms with Crippen LogP contribution in [0.25, 0.3) is 0 Å². The van der Waals surface area contributed by atoms with E-state index < -0.39 is 59.7 Å². The lowest BCUT2D eigenvalue weighted by atomic mass is 9.92. The first-order valence-electron chi connectivity index (χ1n) is 13.5.